The molecule has 2 rings (SSSR count). The Balaban J connectivity index is 2.44. The van der Waals surface area contributed by atoms with Gasteiger partial charge in [0.2, 0.25) is 0 Å². The number of anilines is 1. The lowest BCUT2D eigenvalue weighted by atomic mass is 10.2. The summed E-state index contributed by atoms with van der Waals surface area (Å²) in [4.78, 5) is -0.0157. The number of nitrogens with two attached hydrogens (primary N) is 1. The predicted molar refractivity (Wildman–Crippen MR) is 80.9 cm³/mol. The lowest BCUT2D eigenvalue weighted by molar-refractivity contribution is 0.594. The van der Waals surface area contributed by atoms with E-state index in [-0.39, 0.29) is 20.8 Å². The van der Waals surface area contributed by atoms with Gasteiger partial charge in [0.25, 0.3) is 0 Å². The van der Waals surface area contributed by atoms with E-state index in [0.717, 1.165) is 0 Å². The van der Waals surface area contributed by atoms with E-state index in [1.807, 2.05) is 0 Å². The monoisotopic (exact) mass is 377 g/mol. The van der Waals surface area contributed by atoms with E-state index < -0.39 is 15.7 Å². The maximum atomic E-state index is 13.4. The Hall–Kier alpha value is -1.11. The lowest BCUT2D eigenvalue weighted by Gasteiger charge is -2.09. The summed E-state index contributed by atoms with van der Waals surface area (Å²) in [6, 6.07) is 8.41. The Labute approximate surface area is 129 Å². The molecule has 0 fully saturated rings. The molecule has 0 heterocycles. The Morgan fingerprint density at radius 2 is 1.95 bits per heavy atom. The molecule has 0 spiro atoms. The van der Waals surface area contributed by atoms with Gasteiger partial charge in [0, 0.05) is 5.02 Å². The number of nitrogen functional groups attached to an aromatic ring is 1. The Morgan fingerprint density at radius 1 is 1.25 bits per heavy atom. The molecule has 20 heavy (non-hydrogen) atoms. The van der Waals surface area contributed by atoms with Crippen molar-refractivity contribution in [3.63, 3.8) is 0 Å². The van der Waals surface area contributed by atoms with Crippen molar-refractivity contribution in [1.82, 2.24) is 0 Å². The molecule has 0 saturated heterocycles. The van der Waals surface area contributed by atoms with Gasteiger partial charge in [-0.3, -0.25) is 0 Å². The molecule has 0 radical (unpaired) electrons. The van der Waals surface area contributed by atoms with E-state index in [2.05, 4.69) is 15.9 Å². The second-order valence-corrected chi connectivity index (χ2v) is 7.34. The van der Waals surface area contributed by atoms with Crippen LogP contribution in [0.4, 0.5) is 10.1 Å². The Bertz CT molecular complexity index is 765. The molecule has 2 aromatic rings. The number of hydrogen-bond donors (Lipinski definition) is 1. The van der Waals surface area contributed by atoms with Crippen molar-refractivity contribution in [2.75, 3.05) is 5.73 Å². The second kappa shape index (κ2) is 5.71. The van der Waals surface area contributed by atoms with Gasteiger partial charge in [0.05, 0.1) is 20.8 Å². The molecule has 2 aromatic carbocycles. The third kappa shape index (κ3) is 3.13. The van der Waals surface area contributed by atoms with Gasteiger partial charge < -0.3 is 5.73 Å². The molecular formula is C13H10BrClFNO2S. The second-order valence-electron chi connectivity index (χ2n) is 4.15. The molecule has 0 aliphatic rings. The van der Waals surface area contributed by atoms with Crippen molar-refractivity contribution in [3.05, 3.63) is 57.3 Å². The van der Waals surface area contributed by atoms with Crippen LogP contribution in [0.15, 0.2) is 45.8 Å². The normalized spacial score (nSPS) is 11.6. The van der Waals surface area contributed by atoms with E-state index in [1.165, 1.54) is 36.4 Å². The molecule has 3 nitrogen and oxygen atoms in total. The van der Waals surface area contributed by atoms with Gasteiger partial charge >= 0.3 is 0 Å². The van der Waals surface area contributed by atoms with Crippen LogP contribution in [0.2, 0.25) is 5.02 Å². The van der Waals surface area contributed by atoms with Crippen molar-refractivity contribution < 1.29 is 12.8 Å². The summed E-state index contributed by atoms with van der Waals surface area (Å²) in [5, 5.41) is 0.355. The van der Waals surface area contributed by atoms with Gasteiger partial charge in [-0.25, -0.2) is 12.8 Å². The Kier molecular flexibility index (Phi) is 4.36. The molecule has 106 valence electrons. The topological polar surface area (TPSA) is 60.2 Å². The van der Waals surface area contributed by atoms with E-state index in [1.54, 1.807) is 0 Å². The number of rotatable bonds is 3. The van der Waals surface area contributed by atoms with Crippen LogP contribution in [0.5, 0.6) is 0 Å². The highest BCUT2D eigenvalue weighted by Gasteiger charge is 2.20. The average Bonchev–Trinajstić information content (AvgIpc) is 2.34. The molecular weight excluding hydrogens is 369 g/mol. The SMILES string of the molecule is Nc1cc(Cl)ccc1S(=O)(=O)Cc1cccc(F)c1Br. The predicted octanol–water partition coefficient (Wildman–Crippen LogP) is 3.80. The van der Waals surface area contributed by atoms with Crippen LogP contribution < -0.4 is 5.73 Å². The summed E-state index contributed by atoms with van der Waals surface area (Å²) in [7, 11) is -3.68. The van der Waals surface area contributed by atoms with Gasteiger partial charge in [-0.05, 0) is 45.8 Å². The highest BCUT2D eigenvalue weighted by Crippen LogP contribution is 2.28. The third-order valence-corrected chi connectivity index (χ3v) is 5.54. The fourth-order valence-corrected chi connectivity index (χ4v) is 4.01. The highest BCUT2D eigenvalue weighted by molar-refractivity contribution is 9.10. The quantitative estimate of drug-likeness (QED) is 0.827. The summed E-state index contributed by atoms with van der Waals surface area (Å²) in [6.07, 6.45) is 0. The summed E-state index contributed by atoms with van der Waals surface area (Å²) < 4.78 is 38.2. The first-order valence-electron chi connectivity index (χ1n) is 5.52. The van der Waals surface area contributed by atoms with Gasteiger partial charge in [-0.15, -0.1) is 0 Å². The third-order valence-electron chi connectivity index (χ3n) is 2.68. The van der Waals surface area contributed by atoms with Crippen LogP contribution in [-0.4, -0.2) is 8.42 Å². The zero-order valence-electron chi connectivity index (χ0n) is 10.1. The fraction of sp³-hybridized carbons (Fsp3) is 0.0769. The average molecular weight is 379 g/mol. The van der Waals surface area contributed by atoms with Crippen LogP contribution in [0.25, 0.3) is 0 Å². The highest BCUT2D eigenvalue weighted by atomic mass is 79.9. The molecule has 0 amide bonds. The maximum absolute atomic E-state index is 13.4. The van der Waals surface area contributed by atoms with Crippen molar-refractivity contribution >= 4 is 43.1 Å². The molecule has 0 saturated carbocycles. The molecule has 2 N–H and O–H groups in total. The fourth-order valence-electron chi connectivity index (χ4n) is 1.74. The van der Waals surface area contributed by atoms with E-state index in [0.29, 0.717) is 10.6 Å². The number of benzene rings is 2. The number of halogens is 3. The summed E-state index contributed by atoms with van der Waals surface area (Å²) >= 11 is 8.79. The van der Waals surface area contributed by atoms with Gasteiger partial charge in [-0.2, -0.15) is 0 Å². The first kappa shape index (κ1) is 15.3. The van der Waals surface area contributed by atoms with E-state index in [9.17, 15) is 12.8 Å². The standard InChI is InChI=1S/C13H10BrClFNO2S/c14-13-8(2-1-3-10(13)16)7-20(18,19)12-5-4-9(15)6-11(12)17/h1-6H,7,17H2. The minimum Gasteiger partial charge on any atom is -0.398 e. The van der Waals surface area contributed by atoms with Crippen molar-refractivity contribution in [2.24, 2.45) is 0 Å². The van der Waals surface area contributed by atoms with Crippen LogP contribution in [0, 0.1) is 5.82 Å². The summed E-state index contributed by atoms with van der Waals surface area (Å²) in [5.74, 6) is -0.862. The van der Waals surface area contributed by atoms with Gasteiger partial charge in [-0.1, -0.05) is 23.7 Å². The number of sulfone groups is 1. The molecule has 0 aliphatic carbocycles. The van der Waals surface area contributed by atoms with Crippen LogP contribution in [0.3, 0.4) is 0 Å². The first-order chi connectivity index (χ1) is 9.31. The zero-order chi connectivity index (χ0) is 14.9. The lowest BCUT2D eigenvalue weighted by Crippen LogP contribution is -2.08. The largest absolute Gasteiger partial charge is 0.398 e. The maximum Gasteiger partial charge on any atom is 0.184 e. The molecule has 0 unspecified atom stereocenters. The minimum atomic E-state index is -3.68. The Morgan fingerprint density at radius 3 is 2.60 bits per heavy atom. The van der Waals surface area contributed by atoms with E-state index >= 15 is 0 Å². The first-order valence-corrected chi connectivity index (χ1v) is 8.34. The van der Waals surface area contributed by atoms with Gasteiger partial charge in [0.1, 0.15) is 5.82 Å². The smallest absolute Gasteiger partial charge is 0.184 e. The molecule has 7 heteroatoms. The van der Waals surface area contributed by atoms with Crippen molar-refractivity contribution in [2.45, 2.75) is 10.6 Å². The molecule has 0 aliphatic heterocycles. The van der Waals surface area contributed by atoms with Crippen molar-refractivity contribution in [3.8, 4) is 0 Å². The minimum absolute atomic E-state index is 0.0157. The molecule has 0 atom stereocenters. The van der Waals surface area contributed by atoms with Gasteiger partial charge in [0.15, 0.2) is 9.84 Å². The van der Waals surface area contributed by atoms with Crippen LogP contribution in [-0.2, 0) is 15.6 Å². The molecule has 0 aromatic heterocycles. The zero-order valence-corrected chi connectivity index (χ0v) is 13.3. The van der Waals surface area contributed by atoms with E-state index in [4.69, 9.17) is 17.3 Å². The van der Waals surface area contributed by atoms with Crippen LogP contribution >= 0.6 is 27.5 Å². The molecule has 0 bridgehead atoms. The van der Waals surface area contributed by atoms with Crippen molar-refractivity contribution in [1.29, 1.82) is 0 Å². The van der Waals surface area contributed by atoms with Crippen LogP contribution in [0.1, 0.15) is 5.56 Å². The summed E-state index contributed by atoms with van der Waals surface area (Å²) in [5.41, 5.74) is 6.09. The number of hydrogen-bond acceptors (Lipinski definition) is 3. The summed E-state index contributed by atoms with van der Waals surface area (Å²) in [6.45, 7) is 0.